The molecule has 2 N–H and O–H groups in total. The molecule has 11 atom stereocenters. The Morgan fingerprint density at radius 3 is 2.39 bits per heavy atom. The SMILES string of the molecule is CC[C@H](C)C(CN(C)C(=O)[C@@H](CCC(=O)[C@@H]1[C@H]2CCC[C@@H](C2)N1C)C(C)C)[C@@H](CC(=O)N1CCC[C@H]1[C@H](OC)[C@@H](C)C(=O)N[C@H](CO)Cc1cccc(C)c1)OC. The Balaban J connectivity index is 1.39. The van der Waals surface area contributed by atoms with Crippen molar-refractivity contribution in [2.45, 2.75) is 149 Å². The van der Waals surface area contributed by atoms with Crippen molar-refractivity contribution >= 4 is 23.5 Å². The fourth-order valence-electron chi connectivity index (χ4n) is 10.4. The Hall–Kier alpha value is -2.86. The molecular formula is C46H76N4O7. The molecule has 0 radical (unpaired) electrons. The van der Waals surface area contributed by atoms with Crippen molar-refractivity contribution in [2.24, 2.45) is 35.5 Å². The molecular weight excluding hydrogens is 721 g/mol. The lowest BCUT2D eigenvalue weighted by atomic mass is 9.82. The van der Waals surface area contributed by atoms with E-state index in [1.807, 2.05) is 48.9 Å². The van der Waals surface area contributed by atoms with Crippen LogP contribution in [0.5, 0.6) is 0 Å². The van der Waals surface area contributed by atoms with Crippen LogP contribution in [0.15, 0.2) is 24.3 Å². The second kappa shape index (κ2) is 21.9. The van der Waals surface area contributed by atoms with E-state index < -0.39 is 24.2 Å². The number of aliphatic hydroxyl groups excluding tert-OH is 1. The van der Waals surface area contributed by atoms with Gasteiger partial charge in [-0.15, -0.1) is 0 Å². The number of ketones is 1. The molecule has 2 heterocycles. The van der Waals surface area contributed by atoms with E-state index in [4.69, 9.17) is 9.47 Å². The second-order valence-corrected chi connectivity index (χ2v) is 18.2. The van der Waals surface area contributed by atoms with Crippen LogP contribution in [0, 0.1) is 42.4 Å². The van der Waals surface area contributed by atoms with Crippen molar-refractivity contribution in [2.75, 3.05) is 48.0 Å². The highest BCUT2D eigenvalue weighted by molar-refractivity contribution is 5.86. The number of hydrogen-bond donors (Lipinski definition) is 2. The van der Waals surface area contributed by atoms with Crippen molar-refractivity contribution in [1.29, 1.82) is 0 Å². The van der Waals surface area contributed by atoms with E-state index in [0.29, 0.717) is 44.3 Å². The molecule has 1 aliphatic carbocycles. The van der Waals surface area contributed by atoms with Crippen molar-refractivity contribution in [3.8, 4) is 0 Å². The number of methoxy groups -OCH3 is 2. The maximum Gasteiger partial charge on any atom is 0.225 e. The van der Waals surface area contributed by atoms with Gasteiger partial charge < -0.3 is 29.7 Å². The van der Waals surface area contributed by atoms with Crippen LogP contribution < -0.4 is 5.32 Å². The number of ether oxygens (including phenoxy) is 2. The Morgan fingerprint density at radius 2 is 1.77 bits per heavy atom. The van der Waals surface area contributed by atoms with Gasteiger partial charge in [0.15, 0.2) is 0 Å². The van der Waals surface area contributed by atoms with E-state index >= 15 is 0 Å². The summed E-state index contributed by atoms with van der Waals surface area (Å²) in [6.07, 6.45) is 7.66. The molecule has 3 aliphatic rings. The molecule has 1 aromatic rings. The summed E-state index contributed by atoms with van der Waals surface area (Å²) in [6.45, 7) is 13.1. The quantitative estimate of drug-likeness (QED) is 0.154. The fraction of sp³-hybridized carbons (Fsp3) is 0.783. The van der Waals surface area contributed by atoms with Gasteiger partial charge in [0.05, 0.1) is 49.3 Å². The molecule has 322 valence electrons. The van der Waals surface area contributed by atoms with E-state index in [0.717, 1.165) is 43.2 Å². The smallest absolute Gasteiger partial charge is 0.225 e. The first kappa shape index (κ1) is 46.8. The average molecular weight is 797 g/mol. The number of benzene rings is 1. The summed E-state index contributed by atoms with van der Waals surface area (Å²) in [4.78, 5) is 61.5. The minimum atomic E-state index is -0.561. The van der Waals surface area contributed by atoms with Crippen LogP contribution in [-0.2, 0) is 35.1 Å². The third-order valence-corrected chi connectivity index (χ3v) is 14.0. The fourth-order valence-corrected chi connectivity index (χ4v) is 10.4. The molecule has 11 nitrogen and oxygen atoms in total. The summed E-state index contributed by atoms with van der Waals surface area (Å²) in [5, 5.41) is 13.1. The van der Waals surface area contributed by atoms with Crippen LogP contribution in [0.3, 0.4) is 0 Å². The highest BCUT2D eigenvalue weighted by Crippen LogP contribution is 2.40. The molecule has 0 spiro atoms. The summed E-state index contributed by atoms with van der Waals surface area (Å²) in [6, 6.07) is 7.81. The number of aliphatic hydroxyl groups is 1. The van der Waals surface area contributed by atoms with Gasteiger partial charge in [-0.3, -0.25) is 24.1 Å². The molecule has 1 unspecified atom stereocenters. The predicted octanol–water partition coefficient (Wildman–Crippen LogP) is 5.68. The lowest BCUT2D eigenvalue weighted by Crippen LogP contribution is -2.52. The summed E-state index contributed by atoms with van der Waals surface area (Å²) in [5.41, 5.74) is 2.16. The molecule has 2 bridgehead atoms. The summed E-state index contributed by atoms with van der Waals surface area (Å²) in [7, 11) is 7.19. The van der Waals surface area contributed by atoms with E-state index in [9.17, 15) is 24.3 Å². The van der Waals surface area contributed by atoms with Gasteiger partial charge in [-0.05, 0) is 82.2 Å². The van der Waals surface area contributed by atoms with Crippen LogP contribution in [0.4, 0.5) is 0 Å². The van der Waals surface area contributed by atoms with E-state index in [-0.39, 0.29) is 72.3 Å². The van der Waals surface area contributed by atoms with Gasteiger partial charge in [-0.25, -0.2) is 0 Å². The van der Waals surface area contributed by atoms with Gasteiger partial charge in [-0.1, -0.05) is 77.3 Å². The molecule has 4 rings (SSSR count). The highest BCUT2D eigenvalue weighted by atomic mass is 16.5. The molecule has 3 amide bonds. The Bertz CT molecular complexity index is 1470. The number of aryl methyl sites for hydroxylation is 1. The monoisotopic (exact) mass is 797 g/mol. The summed E-state index contributed by atoms with van der Waals surface area (Å²) >= 11 is 0. The molecule has 2 saturated heterocycles. The van der Waals surface area contributed by atoms with Gasteiger partial charge in [0, 0.05) is 58.7 Å². The summed E-state index contributed by atoms with van der Waals surface area (Å²) in [5.74, 6) is -0.151. The molecule has 1 saturated carbocycles. The zero-order valence-corrected chi connectivity index (χ0v) is 36.9. The summed E-state index contributed by atoms with van der Waals surface area (Å²) < 4.78 is 12.1. The number of amides is 3. The van der Waals surface area contributed by atoms with Gasteiger partial charge in [0.25, 0.3) is 0 Å². The Kier molecular flexibility index (Phi) is 18.0. The van der Waals surface area contributed by atoms with Gasteiger partial charge in [0.1, 0.15) is 5.78 Å². The first-order valence-electron chi connectivity index (χ1n) is 22.0. The Morgan fingerprint density at radius 1 is 1.04 bits per heavy atom. The van der Waals surface area contributed by atoms with Crippen molar-refractivity contribution in [3.05, 3.63) is 35.4 Å². The number of Topliss-reactive ketones (excluding diaryl/α,β-unsaturated/α-hetero) is 1. The second-order valence-electron chi connectivity index (χ2n) is 18.2. The number of carbonyl (C=O) groups is 4. The van der Waals surface area contributed by atoms with E-state index in [2.05, 4.69) is 51.0 Å². The molecule has 57 heavy (non-hydrogen) atoms. The largest absolute Gasteiger partial charge is 0.394 e. The van der Waals surface area contributed by atoms with Crippen molar-refractivity contribution in [3.63, 3.8) is 0 Å². The molecule has 1 aromatic carbocycles. The number of nitrogens with one attached hydrogen (secondary N) is 1. The standard InChI is InChI=1S/C46H76N4O7/c1-11-31(5)38(27-48(7)46(55)37(29(2)3)20-21-40(52)43-34-17-13-18-36(25-34)49(43)8)41(56-9)26-42(53)50-22-14-19-39(50)44(57-10)32(6)45(54)47-35(28-51)24-33-16-12-15-30(4)23-33/h12,15-16,23,29,31-32,34-39,41,43-44,51H,11,13-14,17-22,24-28H2,1-10H3,(H,47,54)/t31-,32+,34-,35-,36-,37-,38?,39-,41+,43-,44+/m0/s1. The third kappa shape index (κ3) is 11.9. The number of carbonyl (C=O) groups excluding carboxylic acids is 4. The van der Waals surface area contributed by atoms with Gasteiger partial charge in [-0.2, -0.15) is 0 Å². The predicted molar refractivity (Wildman–Crippen MR) is 224 cm³/mol. The first-order chi connectivity index (χ1) is 27.1. The zero-order valence-electron chi connectivity index (χ0n) is 36.9. The number of rotatable bonds is 22. The number of likely N-dealkylation sites (tertiary alicyclic amines) is 2. The zero-order chi connectivity index (χ0) is 42.0. The minimum Gasteiger partial charge on any atom is -0.394 e. The topological polar surface area (TPSA) is 129 Å². The normalized spacial score (nSPS) is 24.7. The molecule has 0 aromatic heterocycles. The number of likely N-dealkylation sites (N-methyl/N-ethyl adjacent to an activating group) is 1. The minimum absolute atomic E-state index is 0.0179. The number of fused-ring (bicyclic) bond motifs is 2. The highest BCUT2D eigenvalue weighted by Gasteiger charge is 2.45. The van der Waals surface area contributed by atoms with Crippen molar-refractivity contribution < 1.29 is 33.8 Å². The van der Waals surface area contributed by atoms with Crippen LogP contribution >= 0.6 is 0 Å². The van der Waals surface area contributed by atoms with Gasteiger partial charge in [0.2, 0.25) is 17.7 Å². The maximum atomic E-state index is 14.2. The van der Waals surface area contributed by atoms with Crippen LogP contribution in [0.1, 0.15) is 110 Å². The van der Waals surface area contributed by atoms with Crippen LogP contribution in [0.2, 0.25) is 0 Å². The molecule has 2 aliphatic heterocycles. The lowest BCUT2D eigenvalue weighted by Gasteiger charge is -2.37. The molecule has 3 fully saturated rings. The van der Waals surface area contributed by atoms with Crippen molar-refractivity contribution in [1.82, 2.24) is 20.0 Å². The number of nitrogens with zero attached hydrogens (tertiary/aromatic N) is 3. The lowest BCUT2D eigenvalue weighted by molar-refractivity contribution is -0.143. The first-order valence-corrected chi connectivity index (χ1v) is 22.0. The maximum absolute atomic E-state index is 14.2. The van der Waals surface area contributed by atoms with Crippen LogP contribution in [0.25, 0.3) is 0 Å². The number of hydrogen-bond acceptors (Lipinski definition) is 8. The van der Waals surface area contributed by atoms with Gasteiger partial charge >= 0.3 is 0 Å². The Labute approximate surface area is 344 Å². The van der Waals surface area contributed by atoms with Crippen LogP contribution in [-0.4, -0.2) is 128 Å². The van der Waals surface area contributed by atoms with E-state index in [1.165, 1.54) is 12.8 Å². The van der Waals surface area contributed by atoms with E-state index in [1.54, 1.807) is 14.2 Å². The molecule has 11 heteroatoms. The third-order valence-electron chi connectivity index (χ3n) is 14.0. The average Bonchev–Trinajstić information content (AvgIpc) is 3.76.